The summed E-state index contributed by atoms with van der Waals surface area (Å²) in [4.78, 5) is 33.4. The lowest BCUT2D eigenvalue weighted by Crippen LogP contribution is -2.26. The Morgan fingerprint density at radius 1 is 1.17 bits per heavy atom. The van der Waals surface area contributed by atoms with Crippen molar-refractivity contribution in [1.29, 1.82) is 0 Å². The van der Waals surface area contributed by atoms with Crippen LogP contribution in [0.1, 0.15) is 65.2 Å². The number of carbonyl (C=O) groups excluding carboxylic acids is 2. The van der Waals surface area contributed by atoms with Crippen LogP contribution in [-0.2, 0) is 11.3 Å². The molecule has 0 fully saturated rings. The number of benzene rings is 2. The van der Waals surface area contributed by atoms with Gasteiger partial charge < -0.3 is 35.6 Å². The molecule has 4 aromatic rings. The number of imidazole rings is 1. The number of rotatable bonds is 15. The first-order valence-electron chi connectivity index (χ1n) is 15.2. The molecule has 2 aromatic carbocycles. The topological polar surface area (TPSA) is 178 Å². The first kappa shape index (κ1) is 32.1. The molecule has 3 heterocycles. The summed E-state index contributed by atoms with van der Waals surface area (Å²) in [6.07, 6.45) is 3.01. The van der Waals surface area contributed by atoms with Crippen molar-refractivity contribution in [2.75, 3.05) is 49.8 Å². The number of nitrogens with two attached hydrogens (primary N) is 2. The van der Waals surface area contributed by atoms with Crippen LogP contribution in [0.25, 0.3) is 15.9 Å². The fourth-order valence-corrected chi connectivity index (χ4v) is 5.59. The van der Waals surface area contributed by atoms with E-state index in [-0.39, 0.29) is 17.5 Å². The number of unbranched alkanes of at least 4 members (excludes halogenated alkanes) is 1. The van der Waals surface area contributed by atoms with Gasteiger partial charge in [0.15, 0.2) is 5.69 Å². The lowest BCUT2D eigenvalue weighted by atomic mass is 10.1. The van der Waals surface area contributed by atoms with Crippen molar-refractivity contribution in [2.45, 2.75) is 52.1 Å². The van der Waals surface area contributed by atoms with E-state index in [0.29, 0.717) is 85.1 Å². The average molecular weight is 630 g/mol. The highest BCUT2D eigenvalue weighted by molar-refractivity contribution is 6.03. The van der Waals surface area contributed by atoms with Gasteiger partial charge in [0.1, 0.15) is 35.0 Å². The highest BCUT2D eigenvalue weighted by Gasteiger charge is 2.29. The minimum Gasteiger partial charge on any atom is -0.491 e. The normalized spacial score (nSPS) is 13.7. The standard InChI is InChI=1S/C32H39N9O5/c1-5-40-25(13-19(2)39-40)31(43)38-32-37-24-16-21(35-3)17-27-29(24)41(32)22(18-46-27)9-6-7-10-36-28-23(33)14-20(30(34)42)15-26(28)45-12-8-11-44-4/h13-17,22,36H,5-12,18,33H2,1-2,4H3,(H2,34,42)(H,37,38,43)/t22-/m0/s1. The van der Waals surface area contributed by atoms with Crippen LogP contribution in [0.3, 0.4) is 0 Å². The number of nitrogens with one attached hydrogen (secondary N) is 2. The quantitative estimate of drug-likeness (QED) is 0.0826. The number of methoxy groups -OCH3 is 1. The third kappa shape index (κ3) is 6.84. The van der Waals surface area contributed by atoms with E-state index in [1.54, 1.807) is 36.1 Å². The number of nitrogens with zero attached hydrogens (tertiary/aromatic N) is 5. The maximum atomic E-state index is 13.4. The summed E-state index contributed by atoms with van der Waals surface area (Å²) < 4.78 is 20.8. The van der Waals surface area contributed by atoms with E-state index in [2.05, 4.69) is 20.6 Å². The molecule has 0 unspecified atom stereocenters. The molecule has 1 atom stereocenters. The first-order chi connectivity index (χ1) is 22.2. The van der Waals surface area contributed by atoms with E-state index in [9.17, 15) is 9.59 Å². The van der Waals surface area contributed by atoms with Crippen LogP contribution in [0.4, 0.5) is 23.0 Å². The zero-order valence-corrected chi connectivity index (χ0v) is 26.3. The number of hydrogen-bond donors (Lipinski definition) is 4. The SMILES string of the molecule is [C-]#[N+]c1cc2c3c(c1)nc(NC(=O)c1cc(C)nn1CC)n3[C@@H](CCCCNc1c(N)cc(C(N)=O)cc1OCCCOC)CO2. The number of aromatic nitrogens is 4. The van der Waals surface area contributed by atoms with Gasteiger partial charge in [-0.25, -0.2) is 9.83 Å². The Morgan fingerprint density at radius 3 is 2.74 bits per heavy atom. The number of hydrogen-bond acceptors (Lipinski definition) is 9. The highest BCUT2D eigenvalue weighted by atomic mass is 16.5. The largest absolute Gasteiger partial charge is 0.491 e. The molecule has 46 heavy (non-hydrogen) atoms. The first-order valence-corrected chi connectivity index (χ1v) is 15.2. The fraction of sp³-hybridized carbons (Fsp3) is 0.406. The van der Waals surface area contributed by atoms with Gasteiger partial charge in [0.25, 0.3) is 5.91 Å². The van der Waals surface area contributed by atoms with Crippen LogP contribution in [-0.4, -0.2) is 64.6 Å². The van der Waals surface area contributed by atoms with Crippen LogP contribution < -0.4 is 31.6 Å². The monoisotopic (exact) mass is 629 g/mol. The van der Waals surface area contributed by atoms with Gasteiger partial charge in [0.05, 0.1) is 36.1 Å². The second kappa shape index (κ2) is 14.2. The molecule has 0 radical (unpaired) electrons. The summed E-state index contributed by atoms with van der Waals surface area (Å²) >= 11 is 0. The average Bonchev–Trinajstić information content (AvgIpc) is 3.61. The molecule has 5 rings (SSSR count). The van der Waals surface area contributed by atoms with Crippen LogP contribution in [0.2, 0.25) is 0 Å². The van der Waals surface area contributed by atoms with Crippen molar-refractivity contribution in [1.82, 2.24) is 19.3 Å². The second-order valence-electron chi connectivity index (χ2n) is 11.1. The maximum absolute atomic E-state index is 13.4. The Balaban J connectivity index is 1.30. The minimum atomic E-state index is -0.586. The molecule has 0 aliphatic carbocycles. The number of nitrogen functional groups attached to an aromatic ring is 1. The summed E-state index contributed by atoms with van der Waals surface area (Å²) in [5.74, 6) is 0.528. The molecule has 0 spiro atoms. The van der Waals surface area contributed by atoms with Gasteiger partial charge in [-0.15, -0.1) is 0 Å². The predicted molar refractivity (Wildman–Crippen MR) is 175 cm³/mol. The zero-order valence-electron chi connectivity index (χ0n) is 26.3. The fourth-order valence-electron chi connectivity index (χ4n) is 5.59. The van der Waals surface area contributed by atoms with Gasteiger partial charge in [-0.05, 0) is 63.4 Å². The summed E-state index contributed by atoms with van der Waals surface area (Å²) in [7, 11) is 1.62. The molecule has 0 saturated carbocycles. The van der Waals surface area contributed by atoms with Gasteiger partial charge in [0, 0.05) is 38.8 Å². The number of amides is 2. The summed E-state index contributed by atoms with van der Waals surface area (Å²) in [6, 6.07) is 8.19. The van der Waals surface area contributed by atoms with E-state index in [1.165, 1.54) is 6.07 Å². The molecule has 2 aromatic heterocycles. The van der Waals surface area contributed by atoms with Gasteiger partial charge >= 0.3 is 0 Å². The molecule has 1 aliphatic rings. The Kier molecular flexibility index (Phi) is 9.92. The van der Waals surface area contributed by atoms with Crippen molar-refractivity contribution in [3.05, 3.63) is 58.7 Å². The van der Waals surface area contributed by atoms with Gasteiger partial charge in [-0.3, -0.25) is 19.6 Å². The van der Waals surface area contributed by atoms with Crippen LogP contribution >= 0.6 is 0 Å². The highest BCUT2D eigenvalue weighted by Crippen LogP contribution is 2.40. The van der Waals surface area contributed by atoms with Crippen LogP contribution in [0.5, 0.6) is 11.5 Å². The van der Waals surface area contributed by atoms with Gasteiger partial charge in [0.2, 0.25) is 11.9 Å². The molecular formula is C32H39N9O5. The van der Waals surface area contributed by atoms with Crippen molar-refractivity contribution in [2.24, 2.45) is 5.73 Å². The van der Waals surface area contributed by atoms with Gasteiger partial charge in [-0.1, -0.05) is 0 Å². The minimum absolute atomic E-state index is 0.107. The Bertz CT molecular complexity index is 1790. The molecule has 14 heteroatoms. The molecule has 1 aliphatic heterocycles. The van der Waals surface area contributed by atoms with Crippen molar-refractivity contribution in [3.63, 3.8) is 0 Å². The number of anilines is 3. The second-order valence-corrected chi connectivity index (χ2v) is 11.1. The molecule has 2 amide bonds. The van der Waals surface area contributed by atoms with Crippen molar-refractivity contribution < 1.29 is 23.8 Å². The Hall–Kier alpha value is -5.29. The van der Waals surface area contributed by atoms with E-state index in [4.69, 9.17) is 37.2 Å². The van der Waals surface area contributed by atoms with Gasteiger partial charge in [-0.2, -0.15) is 5.10 Å². The Labute approximate surface area is 266 Å². The van der Waals surface area contributed by atoms with E-state index in [1.807, 2.05) is 18.4 Å². The van der Waals surface area contributed by atoms with Crippen LogP contribution in [0, 0.1) is 13.5 Å². The number of ether oxygens (including phenoxy) is 3. The van der Waals surface area contributed by atoms with E-state index in [0.717, 1.165) is 30.5 Å². The van der Waals surface area contributed by atoms with E-state index >= 15 is 0 Å². The van der Waals surface area contributed by atoms with Crippen LogP contribution in [0.15, 0.2) is 30.3 Å². The van der Waals surface area contributed by atoms with Crippen molar-refractivity contribution >= 4 is 45.9 Å². The van der Waals surface area contributed by atoms with Crippen molar-refractivity contribution in [3.8, 4) is 11.5 Å². The smallest absolute Gasteiger partial charge is 0.276 e. The number of carbonyl (C=O) groups is 2. The Morgan fingerprint density at radius 2 is 2.00 bits per heavy atom. The van der Waals surface area contributed by atoms with E-state index < -0.39 is 5.91 Å². The molecule has 6 N–H and O–H groups in total. The molecular weight excluding hydrogens is 590 g/mol. The maximum Gasteiger partial charge on any atom is 0.276 e. The molecule has 14 nitrogen and oxygen atoms in total. The summed E-state index contributed by atoms with van der Waals surface area (Å²) in [6.45, 7) is 13.7. The lowest BCUT2D eigenvalue weighted by Gasteiger charge is -2.27. The molecule has 0 bridgehead atoms. The number of aryl methyl sites for hydroxylation is 2. The zero-order chi connectivity index (χ0) is 32.8. The molecule has 0 saturated heterocycles. The predicted octanol–water partition coefficient (Wildman–Crippen LogP) is 4.68. The lowest BCUT2D eigenvalue weighted by molar-refractivity contribution is 0.0995. The third-order valence-electron chi connectivity index (χ3n) is 7.75. The summed E-state index contributed by atoms with van der Waals surface area (Å²) in [5, 5.41) is 10.7. The molecule has 242 valence electrons. The summed E-state index contributed by atoms with van der Waals surface area (Å²) in [5.41, 5.74) is 16.0. The third-order valence-corrected chi connectivity index (χ3v) is 7.75. The number of primary amides is 1.